The van der Waals surface area contributed by atoms with Gasteiger partial charge in [0.05, 0.1) is 5.75 Å². The molecule has 0 atom stereocenters. The Morgan fingerprint density at radius 3 is 2.65 bits per heavy atom. The molecule has 0 aliphatic carbocycles. The van der Waals surface area contributed by atoms with Gasteiger partial charge in [-0.05, 0) is 37.5 Å². The molecule has 0 saturated carbocycles. The molecule has 0 aliphatic rings. The molecule has 1 N–H and O–H groups in total. The van der Waals surface area contributed by atoms with Crippen molar-refractivity contribution < 1.29 is 4.79 Å². The Morgan fingerprint density at radius 1 is 1.12 bits per heavy atom. The van der Waals surface area contributed by atoms with Crippen LogP contribution in [0.4, 0.5) is 0 Å². The molecule has 2 aromatic carbocycles. The van der Waals surface area contributed by atoms with Crippen molar-refractivity contribution in [1.82, 2.24) is 20.1 Å². The van der Waals surface area contributed by atoms with Crippen molar-refractivity contribution in [3.63, 3.8) is 0 Å². The van der Waals surface area contributed by atoms with Gasteiger partial charge in [-0.2, -0.15) is 0 Å². The second-order valence-electron chi connectivity index (χ2n) is 6.05. The summed E-state index contributed by atoms with van der Waals surface area (Å²) in [5.41, 5.74) is 3.49. The van der Waals surface area contributed by atoms with Crippen molar-refractivity contribution in [2.24, 2.45) is 0 Å². The fourth-order valence-corrected chi connectivity index (χ4v) is 3.31. The zero-order valence-electron chi connectivity index (χ0n) is 14.8. The molecule has 5 nitrogen and oxygen atoms in total. The van der Waals surface area contributed by atoms with Gasteiger partial charge in [0.15, 0.2) is 5.16 Å². The summed E-state index contributed by atoms with van der Waals surface area (Å²) in [6.07, 6.45) is 3.57. The van der Waals surface area contributed by atoms with Crippen LogP contribution < -0.4 is 5.32 Å². The lowest BCUT2D eigenvalue weighted by molar-refractivity contribution is -0.118. The standard InChI is InChI=1S/C20H22N4OS/c1-16-9-11-18(12-10-16)24-15-22-23-20(24)26-14-19(25)21-13-5-8-17-6-3-2-4-7-17/h2-4,6-7,9-12,15H,5,8,13-14H2,1H3,(H,21,25). The summed E-state index contributed by atoms with van der Waals surface area (Å²) in [5.74, 6) is 0.345. The van der Waals surface area contributed by atoms with Crippen LogP contribution in [0, 0.1) is 6.92 Å². The monoisotopic (exact) mass is 366 g/mol. The average molecular weight is 366 g/mol. The van der Waals surface area contributed by atoms with E-state index < -0.39 is 0 Å². The first-order chi connectivity index (χ1) is 12.7. The van der Waals surface area contributed by atoms with Crippen LogP contribution in [0.5, 0.6) is 0 Å². The molecule has 0 bridgehead atoms. The molecule has 0 aliphatic heterocycles. The highest BCUT2D eigenvalue weighted by atomic mass is 32.2. The number of nitrogens with one attached hydrogen (secondary N) is 1. The van der Waals surface area contributed by atoms with E-state index in [0.717, 1.165) is 18.5 Å². The molecule has 0 saturated heterocycles. The van der Waals surface area contributed by atoms with E-state index in [1.807, 2.05) is 54.0 Å². The quantitative estimate of drug-likeness (QED) is 0.490. The Bertz CT molecular complexity index is 831. The third-order valence-electron chi connectivity index (χ3n) is 3.97. The summed E-state index contributed by atoms with van der Waals surface area (Å²) in [7, 11) is 0. The topological polar surface area (TPSA) is 59.8 Å². The number of rotatable bonds is 8. The Hall–Kier alpha value is -2.60. The van der Waals surface area contributed by atoms with Crippen molar-refractivity contribution in [2.75, 3.05) is 12.3 Å². The fourth-order valence-electron chi connectivity index (χ4n) is 2.55. The lowest BCUT2D eigenvalue weighted by Crippen LogP contribution is -2.26. The molecule has 3 rings (SSSR count). The van der Waals surface area contributed by atoms with Crippen molar-refractivity contribution >= 4 is 17.7 Å². The van der Waals surface area contributed by atoms with Crippen LogP contribution in [0.3, 0.4) is 0 Å². The minimum absolute atomic E-state index is 0.0153. The van der Waals surface area contributed by atoms with Crippen LogP contribution >= 0.6 is 11.8 Å². The van der Waals surface area contributed by atoms with Crippen LogP contribution in [0.15, 0.2) is 66.1 Å². The summed E-state index contributed by atoms with van der Waals surface area (Å²) < 4.78 is 1.90. The number of aromatic nitrogens is 3. The molecule has 1 heterocycles. The minimum Gasteiger partial charge on any atom is -0.355 e. The minimum atomic E-state index is 0.0153. The number of thioether (sulfide) groups is 1. The third kappa shape index (κ3) is 5.20. The predicted octanol–water partition coefficient (Wildman–Crippen LogP) is 3.42. The summed E-state index contributed by atoms with van der Waals surface area (Å²) >= 11 is 1.39. The molecular formula is C20H22N4OS. The molecule has 6 heteroatoms. The number of amides is 1. The normalized spacial score (nSPS) is 10.7. The summed E-state index contributed by atoms with van der Waals surface area (Å²) in [4.78, 5) is 12.1. The Kier molecular flexibility index (Phi) is 6.44. The SMILES string of the molecule is Cc1ccc(-n2cnnc2SCC(=O)NCCCc2ccccc2)cc1. The van der Waals surface area contributed by atoms with Crippen LogP contribution in [0.25, 0.3) is 5.69 Å². The van der Waals surface area contributed by atoms with E-state index in [9.17, 15) is 4.79 Å². The maximum atomic E-state index is 12.1. The smallest absolute Gasteiger partial charge is 0.230 e. The highest BCUT2D eigenvalue weighted by molar-refractivity contribution is 7.99. The van der Waals surface area contributed by atoms with Gasteiger partial charge in [0.25, 0.3) is 0 Å². The summed E-state index contributed by atoms with van der Waals surface area (Å²) in [6, 6.07) is 18.4. The number of nitrogens with zero attached hydrogens (tertiary/aromatic N) is 3. The second kappa shape index (κ2) is 9.20. The predicted molar refractivity (Wildman–Crippen MR) is 105 cm³/mol. The molecule has 0 spiro atoms. The maximum absolute atomic E-state index is 12.1. The molecule has 0 unspecified atom stereocenters. The van der Waals surface area contributed by atoms with Gasteiger partial charge < -0.3 is 5.32 Å². The van der Waals surface area contributed by atoms with Crippen LogP contribution in [-0.2, 0) is 11.2 Å². The van der Waals surface area contributed by atoms with Gasteiger partial charge in [-0.15, -0.1) is 10.2 Å². The van der Waals surface area contributed by atoms with Gasteiger partial charge in [-0.25, -0.2) is 0 Å². The van der Waals surface area contributed by atoms with E-state index in [-0.39, 0.29) is 5.91 Å². The number of hydrogen-bond donors (Lipinski definition) is 1. The van der Waals surface area contributed by atoms with Crippen molar-refractivity contribution in [3.05, 3.63) is 72.1 Å². The number of benzene rings is 2. The summed E-state index contributed by atoms with van der Waals surface area (Å²) in [5, 5.41) is 11.8. The van der Waals surface area contributed by atoms with E-state index in [2.05, 4.69) is 27.6 Å². The molecular weight excluding hydrogens is 344 g/mol. The average Bonchev–Trinajstić information content (AvgIpc) is 3.14. The van der Waals surface area contributed by atoms with Crippen LogP contribution in [-0.4, -0.2) is 33.0 Å². The van der Waals surface area contributed by atoms with Gasteiger partial charge in [-0.1, -0.05) is 59.8 Å². The van der Waals surface area contributed by atoms with Crippen molar-refractivity contribution in [3.8, 4) is 5.69 Å². The lowest BCUT2D eigenvalue weighted by Gasteiger charge is -2.07. The molecule has 0 radical (unpaired) electrons. The van der Waals surface area contributed by atoms with E-state index in [0.29, 0.717) is 17.5 Å². The number of aryl methyl sites for hydroxylation is 2. The Morgan fingerprint density at radius 2 is 1.88 bits per heavy atom. The molecule has 1 amide bonds. The number of carbonyl (C=O) groups is 1. The molecule has 134 valence electrons. The Labute approximate surface area is 157 Å². The van der Waals surface area contributed by atoms with Gasteiger partial charge in [-0.3, -0.25) is 9.36 Å². The zero-order chi connectivity index (χ0) is 18.2. The lowest BCUT2D eigenvalue weighted by atomic mass is 10.1. The number of hydrogen-bond acceptors (Lipinski definition) is 4. The van der Waals surface area contributed by atoms with Gasteiger partial charge >= 0.3 is 0 Å². The third-order valence-corrected chi connectivity index (χ3v) is 4.91. The number of carbonyl (C=O) groups excluding carboxylic acids is 1. The molecule has 3 aromatic rings. The fraction of sp³-hybridized carbons (Fsp3) is 0.250. The Balaban J connectivity index is 1.43. The summed E-state index contributed by atoms with van der Waals surface area (Å²) in [6.45, 7) is 2.73. The van der Waals surface area contributed by atoms with E-state index in [1.165, 1.54) is 22.9 Å². The first kappa shape index (κ1) is 18.2. The maximum Gasteiger partial charge on any atom is 0.230 e. The first-order valence-corrected chi connectivity index (χ1v) is 9.61. The van der Waals surface area contributed by atoms with Gasteiger partial charge in [0.1, 0.15) is 6.33 Å². The second-order valence-corrected chi connectivity index (χ2v) is 6.99. The highest BCUT2D eigenvalue weighted by Crippen LogP contribution is 2.19. The molecule has 1 aromatic heterocycles. The molecule has 26 heavy (non-hydrogen) atoms. The van der Waals surface area contributed by atoms with E-state index in [1.54, 1.807) is 6.33 Å². The first-order valence-electron chi connectivity index (χ1n) is 8.63. The van der Waals surface area contributed by atoms with Gasteiger partial charge in [0.2, 0.25) is 5.91 Å². The van der Waals surface area contributed by atoms with Crippen LogP contribution in [0.1, 0.15) is 17.5 Å². The van der Waals surface area contributed by atoms with Crippen molar-refractivity contribution in [2.45, 2.75) is 24.9 Å². The molecule has 0 fully saturated rings. The van der Waals surface area contributed by atoms with Crippen molar-refractivity contribution in [1.29, 1.82) is 0 Å². The largest absolute Gasteiger partial charge is 0.355 e. The van der Waals surface area contributed by atoms with Crippen LogP contribution in [0.2, 0.25) is 0 Å². The highest BCUT2D eigenvalue weighted by Gasteiger charge is 2.10. The zero-order valence-corrected chi connectivity index (χ0v) is 15.6. The van der Waals surface area contributed by atoms with E-state index >= 15 is 0 Å². The van der Waals surface area contributed by atoms with Gasteiger partial charge in [0, 0.05) is 12.2 Å². The van der Waals surface area contributed by atoms with E-state index in [4.69, 9.17) is 0 Å².